The Morgan fingerprint density at radius 2 is 2.07 bits per heavy atom. The topological polar surface area (TPSA) is 56.5 Å². The Morgan fingerprint density at radius 3 is 2.79 bits per heavy atom. The number of methoxy groups -OCH3 is 1. The number of thiophene rings is 1. The number of rotatable bonds is 4. The predicted octanol–water partition coefficient (Wildman–Crippen LogP) is 5.28. The first-order valence-corrected chi connectivity index (χ1v) is 11.0. The van der Waals surface area contributed by atoms with E-state index in [4.69, 9.17) is 9.84 Å². The molecule has 0 amide bonds. The molecule has 0 aliphatic heterocycles. The van der Waals surface area contributed by atoms with Crippen LogP contribution in [0.1, 0.15) is 39.0 Å². The van der Waals surface area contributed by atoms with E-state index in [-0.39, 0.29) is 11.7 Å². The first kappa shape index (κ1) is 18.7. The van der Waals surface area contributed by atoms with Crippen LogP contribution in [0.4, 0.5) is 0 Å². The van der Waals surface area contributed by atoms with Gasteiger partial charge in [-0.2, -0.15) is 5.10 Å². The summed E-state index contributed by atoms with van der Waals surface area (Å²) in [5.41, 5.74) is 5.18. The molecule has 1 atom stereocenters. The summed E-state index contributed by atoms with van der Waals surface area (Å²) in [6.45, 7) is 0.381. The summed E-state index contributed by atoms with van der Waals surface area (Å²) in [4.78, 5) is 18.7. The third-order valence-electron chi connectivity index (χ3n) is 5.35. The van der Waals surface area contributed by atoms with Crippen molar-refractivity contribution in [2.24, 2.45) is 0 Å². The van der Waals surface area contributed by atoms with Crippen molar-refractivity contribution in [2.45, 2.75) is 25.4 Å². The molecule has 3 aromatic heterocycles. The quantitative estimate of drug-likeness (QED) is 0.409. The van der Waals surface area contributed by atoms with Crippen LogP contribution in [0, 0.1) is 0 Å². The molecule has 0 saturated carbocycles. The summed E-state index contributed by atoms with van der Waals surface area (Å²) in [5, 5.41) is 6.90. The fourth-order valence-corrected chi connectivity index (χ4v) is 5.11. The van der Waals surface area contributed by atoms with Crippen molar-refractivity contribution in [3.8, 4) is 11.1 Å². The van der Waals surface area contributed by atoms with E-state index in [9.17, 15) is 4.79 Å². The van der Waals surface area contributed by atoms with E-state index in [1.807, 2.05) is 34.8 Å². The number of hydrogen-bond acceptors (Lipinski definition) is 5. The lowest BCUT2D eigenvalue weighted by Crippen LogP contribution is -2.22. The van der Waals surface area contributed by atoms with Gasteiger partial charge in [0.05, 0.1) is 29.1 Å². The number of Topliss-reactive ketones (excluding diaryl/α,β-unsaturated/α-hetero) is 1. The van der Waals surface area contributed by atoms with Gasteiger partial charge in [-0.3, -0.25) is 4.79 Å². The third kappa shape index (κ3) is 3.23. The summed E-state index contributed by atoms with van der Waals surface area (Å²) in [7, 11) is 1.66. The fourth-order valence-electron chi connectivity index (χ4n) is 4.02. The van der Waals surface area contributed by atoms with E-state index >= 15 is 0 Å². The number of aromatic nitrogens is 3. The molecular formula is C22H18BrN3O2S. The number of fused-ring (bicyclic) bond motifs is 3. The zero-order valence-corrected chi connectivity index (χ0v) is 18.2. The number of benzene rings is 1. The molecule has 0 spiro atoms. The van der Waals surface area contributed by atoms with Crippen molar-refractivity contribution >= 4 is 38.7 Å². The largest absolute Gasteiger partial charge is 0.378 e. The minimum Gasteiger partial charge on any atom is -0.378 e. The van der Waals surface area contributed by atoms with Crippen LogP contribution < -0.4 is 0 Å². The predicted molar refractivity (Wildman–Crippen MR) is 117 cm³/mol. The smallest absolute Gasteiger partial charge is 0.166 e. The molecule has 5 nitrogen and oxygen atoms in total. The van der Waals surface area contributed by atoms with Gasteiger partial charge in [0.25, 0.3) is 0 Å². The average Bonchev–Trinajstić information content (AvgIpc) is 3.37. The zero-order valence-electron chi connectivity index (χ0n) is 15.8. The second kappa shape index (κ2) is 7.48. The Kier molecular flexibility index (Phi) is 4.81. The van der Waals surface area contributed by atoms with Crippen LogP contribution in [0.5, 0.6) is 0 Å². The van der Waals surface area contributed by atoms with Crippen molar-refractivity contribution in [3.05, 3.63) is 74.3 Å². The van der Waals surface area contributed by atoms with Gasteiger partial charge >= 0.3 is 0 Å². The molecule has 0 radical (unpaired) electrons. The molecule has 1 aliphatic carbocycles. The number of carbonyl (C=O) groups is 1. The molecule has 3 heterocycles. The second-order valence-corrected chi connectivity index (χ2v) is 9.05. The summed E-state index contributed by atoms with van der Waals surface area (Å²) >= 11 is 5.20. The van der Waals surface area contributed by atoms with Crippen LogP contribution in [0.2, 0.25) is 0 Å². The van der Waals surface area contributed by atoms with E-state index in [1.54, 1.807) is 24.6 Å². The van der Waals surface area contributed by atoms with Gasteiger partial charge in [-0.25, -0.2) is 9.50 Å². The Bertz CT molecular complexity index is 1200. The molecule has 4 aromatic rings. The van der Waals surface area contributed by atoms with Crippen molar-refractivity contribution < 1.29 is 9.53 Å². The number of ketones is 1. The standard InChI is InChI=1S/C22H18BrN3O2S/c1-28-12-17-21(13-4-6-15(23)7-5-13)22-24-11-16-18(26(22)25-17)9-14(10-19(16)27)20-3-2-8-29-20/h2-8,11,14H,9-10,12H2,1H3. The molecule has 1 unspecified atom stereocenters. The number of halogens is 1. The number of carbonyl (C=O) groups excluding carboxylic acids is 1. The summed E-state index contributed by atoms with van der Waals surface area (Å²) in [5.74, 6) is 0.319. The van der Waals surface area contributed by atoms with Gasteiger partial charge in [-0.05, 0) is 35.6 Å². The first-order chi connectivity index (χ1) is 14.2. The Hall–Kier alpha value is -2.35. The van der Waals surface area contributed by atoms with Crippen LogP contribution in [-0.2, 0) is 17.8 Å². The lowest BCUT2D eigenvalue weighted by molar-refractivity contribution is 0.0962. The molecule has 5 rings (SSSR count). The van der Waals surface area contributed by atoms with E-state index in [0.717, 1.165) is 39.1 Å². The van der Waals surface area contributed by atoms with Crippen molar-refractivity contribution in [1.82, 2.24) is 14.6 Å². The van der Waals surface area contributed by atoms with E-state index in [0.29, 0.717) is 18.6 Å². The summed E-state index contributed by atoms with van der Waals surface area (Å²) < 4.78 is 8.28. The highest BCUT2D eigenvalue weighted by Crippen LogP contribution is 2.37. The normalized spacial score (nSPS) is 16.3. The van der Waals surface area contributed by atoms with Gasteiger partial charge in [0, 0.05) is 35.0 Å². The van der Waals surface area contributed by atoms with Crippen molar-refractivity contribution in [3.63, 3.8) is 0 Å². The number of ether oxygens (including phenoxy) is 1. The highest BCUT2D eigenvalue weighted by Gasteiger charge is 2.31. The molecule has 1 aliphatic rings. The van der Waals surface area contributed by atoms with Crippen molar-refractivity contribution in [2.75, 3.05) is 7.11 Å². The maximum atomic E-state index is 12.9. The summed E-state index contributed by atoms with van der Waals surface area (Å²) in [6.07, 6.45) is 3.01. The van der Waals surface area contributed by atoms with Crippen LogP contribution in [0.15, 0.2) is 52.4 Å². The fraction of sp³-hybridized carbons (Fsp3) is 0.227. The molecule has 0 saturated heterocycles. The van der Waals surface area contributed by atoms with Crippen LogP contribution in [0.25, 0.3) is 16.8 Å². The van der Waals surface area contributed by atoms with E-state index in [2.05, 4.69) is 32.4 Å². The van der Waals surface area contributed by atoms with Gasteiger partial charge < -0.3 is 4.74 Å². The summed E-state index contributed by atoms with van der Waals surface area (Å²) in [6, 6.07) is 12.2. The van der Waals surface area contributed by atoms with Gasteiger partial charge in [0.1, 0.15) is 0 Å². The minimum atomic E-state index is 0.132. The maximum absolute atomic E-state index is 12.9. The van der Waals surface area contributed by atoms with E-state index in [1.165, 1.54) is 4.88 Å². The van der Waals surface area contributed by atoms with Gasteiger partial charge in [-0.1, -0.05) is 34.1 Å². The average molecular weight is 468 g/mol. The highest BCUT2D eigenvalue weighted by atomic mass is 79.9. The molecule has 0 bridgehead atoms. The Labute approximate surface area is 180 Å². The number of nitrogens with zero attached hydrogens (tertiary/aromatic N) is 3. The Balaban J connectivity index is 1.70. The van der Waals surface area contributed by atoms with Gasteiger partial charge in [-0.15, -0.1) is 11.3 Å². The lowest BCUT2D eigenvalue weighted by atomic mass is 9.85. The molecule has 146 valence electrons. The molecular weight excluding hydrogens is 450 g/mol. The lowest BCUT2D eigenvalue weighted by Gasteiger charge is -2.23. The minimum absolute atomic E-state index is 0.132. The molecule has 0 fully saturated rings. The molecule has 7 heteroatoms. The van der Waals surface area contributed by atoms with Gasteiger partial charge in [0.15, 0.2) is 11.4 Å². The van der Waals surface area contributed by atoms with Crippen LogP contribution in [0.3, 0.4) is 0 Å². The second-order valence-electron chi connectivity index (χ2n) is 7.16. The van der Waals surface area contributed by atoms with Crippen molar-refractivity contribution in [1.29, 1.82) is 0 Å². The molecule has 1 aromatic carbocycles. The maximum Gasteiger partial charge on any atom is 0.166 e. The highest BCUT2D eigenvalue weighted by molar-refractivity contribution is 9.10. The van der Waals surface area contributed by atoms with Crippen LogP contribution >= 0.6 is 27.3 Å². The Morgan fingerprint density at radius 1 is 1.24 bits per heavy atom. The zero-order chi connectivity index (χ0) is 20.0. The van der Waals surface area contributed by atoms with Crippen LogP contribution in [-0.4, -0.2) is 27.5 Å². The molecule has 29 heavy (non-hydrogen) atoms. The number of hydrogen-bond donors (Lipinski definition) is 0. The molecule has 0 N–H and O–H groups in total. The van der Waals surface area contributed by atoms with E-state index < -0.39 is 0 Å². The first-order valence-electron chi connectivity index (χ1n) is 9.36. The van der Waals surface area contributed by atoms with Gasteiger partial charge in [0.2, 0.25) is 0 Å². The third-order valence-corrected chi connectivity index (χ3v) is 6.91. The SMILES string of the molecule is COCc1nn2c3c(cnc2c1-c1ccc(Br)cc1)C(=O)CC(c1cccs1)C3. The monoisotopic (exact) mass is 467 g/mol.